The Kier molecular flexibility index (Phi) is 14.1. The Morgan fingerprint density at radius 3 is 0.667 bits per heavy atom. The van der Waals surface area contributed by atoms with Crippen molar-refractivity contribution in [1.29, 1.82) is 0 Å². The SMILES string of the molecule is CCCCCCCCOc1ccc(C#Cc2c3c(c(C#Cc4ccc(OCCCCCCCC)c5c4C4c6ccccc6C5c5ccccc54)c4c2C2c5ccccc5C4c4ccccc42)C2c4ccccc4C3c3ccccc32)c2c1C1c3ccccc3C2c2ccccc21. The minimum Gasteiger partial charge on any atom is -0.493 e. The summed E-state index contributed by atoms with van der Waals surface area (Å²) in [5.74, 6) is 19.0. The van der Waals surface area contributed by atoms with Crippen LogP contribution < -0.4 is 9.47 Å². The van der Waals surface area contributed by atoms with Crippen LogP contribution in [0.2, 0.25) is 0 Å². The lowest BCUT2D eigenvalue weighted by Crippen LogP contribution is -2.35. The van der Waals surface area contributed by atoms with Crippen LogP contribution in [0.1, 0.15) is 294 Å². The molecule has 12 aliphatic rings. The molecule has 466 valence electrons. The molecule has 2 heteroatoms. The minimum absolute atomic E-state index is 0.0215. The van der Waals surface area contributed by atoms with Crippen molar-refractivity contribution in [3.05, 3.63) is 374 Å². The Morgan fingerprint density at radius 1 is 0.219 bits per heavy atom. The van der Waals surface area contributed by atoms with Gasteiger partial charge in [0.1, 0.15) is 11.5 Å². The summed E-state index contributed by atoms with van der Waals surface area (Å²) in [7, 11) is 0. The smallest absolute Gasteiger partial charge is 0.123 e. The van der Waals surface area contributed by atoms with Gasteiger partial charge in [-0.15, -0.1) is 0 Å². The molecule has 0 N–H and O–H groups in total. The molecule has 0 fully saturated rings. The van der Waals surface area contributed by atoms with Crippen molar-refractivity contribution in [3.63, 3.8) is 0 Å². The first-order chi connectivity index (χ1) is 47.7. The highest BCUT2D eigenvalue weighted by Crippen LogP contribution is 2.66. The Hall–Kier alpha value is -9.86. The van der Waals surface area contributed by atoms with Crippen molar-refractivity contribution < 1.29 is 9.47 Å². The van der Waals surface area contributed by atoms with E-state index < -0.39 is 0 Å². The number of hydrogen-bond acceptors (Lipinski definition) is 2. The van der Waals surface area contributed by atoms with Crippen LogP contribution >= 0.6 is 0 Å². The van der Waals surface area contributed by atoms with Crippen molar-refractivity contribution in [3.8, 4) is 35.2 Å². The number of unbranched alkanes of at least 4 members (excludes halogenated alkanes) is 10. The first-order valence-corrected chi connectivity index (χ1v) is 36.3. The van der Waals surface area contributed by atoms with Crippen molar-refractivity contribution in [2.24, 2.45) is 0 Å². The Morgan fingerprint density at radius 2 is 0.427 bits per heavy atom. The quantitative estimate of drug-likeness (QED) is 0.0709. The molecule has 12 aliphatic carbocycles. The van der Waals surface area contributed by atoms with Crippen LogP contribution in [0.25, 0.3) is 0 Å². The van der Waals surface area contributed by atoms with E-state index in [9.17, 15) is 0 Å². The van der Waals surface area contributed by atoms with Gasteiger partial charge in [-0.3, -0.25) is 0 Å². The second kappa shape index (κ2) is 23.5. The maximum Gasteiger partial charge on any atom is 0.123 e. The van der Waals surface area contributed by atoms with E-state index in [0.29, 0.717) is 13.2 Å². The fourth-order valence-electron chi connectivity index (χ4n) is 19.7. The predicted octanol–water partition coefficient (Wildman–Crippen LogP) is 21.9. The van der Waals surface area contributed by atoms with Crippen molar-refractivity contribution in [2.75, 3.05) is 13.2 Å². The van der Waals surface area contributed by atoms with Gasteiger partial charge >= 0.3 is 0 Å². The highest BCUT2D eigenvalue weighted by atomic mass is 16.5. The Bertz CT molecular complexity index is 4510. The van der Waals surface area contributed by atoms with Gasteiger partial charge in [-0.2, -0.15) is 0 Å². The van der Waals surface area contributed by atoms with Crippen LogP contribution in [0.4, 0.5) is 0 Å². The monoisotopic (exact) mass is 1240 g/mol. The highest BCUT2D eigenvalue weighted by molar-refractivity contribution is 5.84. The second-order valence-corrected chi connectivity index (χ2v) is 28.5. The summed E-state index contributed by atoms with van der Waals surface area (Å²) in [6, 6.07) is 83.6. The van der Waals surface area contributed by atoms with Gasteiger partial charge in [-0.25, -0.2) is 0 Å². The molecule has 0 spiro atoms. The highest BCUT2D eigenvalue weighted by Gasteiger charge is 2.52. The maximum atomic E-state index is 7.08. The second-order valence-electron chi connectivity index (χ2n) is 28.5. The largest absolute Gasteiger partial charge is 0.493 e. The number of ether oxygens (including phenoxy) is 2. The first-order valence-electron chi connectivity index (χ1n) is 36.3. The number of rotatable bonds is 16. The third kappa shape index (κ3) is 8.59. The summed E-state index contributed by atoms with van der Waals surface area (Å²) < 4.78 is 14.2. The van der Waals surface area contributed by atoms with Gasteiger partial charge in [0.05, 0.1) is 13.2 Å². The van der Waals surface area contributed by atoms with Gasteiger partial charge < -0.3 is 9.47 Å². The summed E-state index contributed by atoms with van der Waals surface area (Å²) >= 11 is 0. The molecule has 23 rings (SSSR count). The fraction of sp³-hybridized carbons (Fsp3) is 0.255. The molecule has 0 heterocycles. The van der Waals surface area contributed by atoms with Crippen molar-refractivity contribution >= 4 is 0 Å². The van der Waals surface area contributed by atoms with Gasteiger partial charge in [-0.05, 0) is 160 Å². The molecule has 0 unspecified atom stereocenters. The van der Waals surface area contributed by atoms with Crippen LogP contribution in [0, 0.1) is 23.7 Å². The van der Waals surface area contributed by atoms with Crippen LogP contribution in [-0.4, -0.2) is 13.2 Å². The predicted molar refractivity (Wildman–Crippen MR) is 388 cm³/mol. The molecule has 0 amide bonds. The topological polar surface area (TPSA) is 18.5 Å². The van der Waals surface area contributed by atoms with E-state index in [-0.39, 0.29) is 47.3 Å². The molecule has 0 aromatic heterocycles. The van der Waals surface area contributed by atoms with Crippen LogP contribution in [0.3, 0.4) is 0 Å². The molecule has 11 aromatic rings. The normalized spacial score (nSPS) is 19.8. The summed E-state index contributed by atoms with van der Waals surface area (Å²) in [4.78, 5) is 0. The van der Waals surface area contributed by atoms with Gasteiger partial charge in [-0.1, -0.05) is 296 Å². The molecule has 96 heavy (non-hydrogen) atoms. The molecule has 0 radical (unpaired) electrons. The summed E-state index contributed by atoms with van der Waals surface area (Å²) in [6.45, 7) is 6.00. The fourth-order valence-corrected chi connectivity index (χ4v) is 19.7. The van der Waals surface area contributed by atoms with Gasteiger partial charge in [0, 0.05) is 80.7 Å². The molecule has 2 nitrogen and oxygen atoms in total. The zero-order valence-electron chi connectivity index (χ0n) is 55.1. The average Bonchev–Trinajstić information content (AvgIpc) is 0.696. The van der Waals surface area contributed by atoms with Crippen LogP contribution in [-0.2, 0) is 0 Å². The van der Waals surface area contributed by atoms with Gasteiger partial charge in [0.2, 0.25) is 0 Å². The van der Waals surface area contributed by atoms with E-state index in [4.69, 9.17) is 9.47 Å². The van der Waals surface area contributed by atoms with E-state index >= 15 is 0 Å². The molecule has 8 bridgehead atoms. The lowest BCUT2D eigenvalue weighted by atomic mass is 9.53. The lowest BCUT2D eigenvalue weighted by molar-refractivity contribution is 0.300. The first kappa shape index (κ1) is 57.6. The standard InChI is InChI=1S/C94H78O2/c1-3-5-7-9-11-29-55-95-77-53-49-57(79-81-59-31-13-25-43-71(59)87(93(77)79)72-44-26-14-32-60(72)81)47-51-75-89-83-63-35-17-21-39-67(63)85(68-40-22-18-36-64(68)83)91(89)76(92-86-69-41-23-19-37-65(69)84(90(75)92)66-38-20-24-42-70(66)86)52-48-58-50-54-78(96-56-30-12-10-8-6-4-2)94-80(58)82-61-33-15-27-45-73(61)88(94)74-46-28-16-34-62(74)82/h13-28,31-46,49-50,53-54,81-88H,3-12,29-30,55-56H2,1-2H3. The molecule has 0 aliphatic heterocycles. The molecular weight excluding hydrogens is 1160 g/mol. The number of benzene rings is 11. The van der Waals surface area contributed by atoms with E-state index in [2.05, 4.69) is 256 Å². The molecule has 0 saturated carbocycles. The third-order valence-corrected chi connectivity index (χ3v) is 23.6. The average molecular weight is 1240 g/mol. The minimum atomic E-state index is -0.0560. The van der Waals surface area contributed by atoms with Crippen LogP contribution in [0.15, 0.2) is 218 Å². The van der Waals surface area contributed by atoms with Gasteiger partial charge in [0.25, 0.3) is 0 Å². The molecule has 0 saturated heterocycles. The van der Waals surface area contributed by atoms with E-state index in [1.807, 2.05) is 0 Å². The summed E-state index contributed by atoms with van der Waals surface area (Å²) in [6.07, 6.45) is 14.7. The zero-order valence-corrected chi connectivity index (χ0v) is 55.1. The van der Waals surface area contributed by atoms with Crippen LogP contribution in [0.5, 0.6) is 11.5 Å². The van der Waals surface area contributed by atoms with Gasteiger partial charge in [0.15, 0.2) is 0 Å². The maximum absolute atomic E-state index is 7.08. The molecule has 11 aromatic carbocycles. The molecule has 0 atom stereocenters. The van der Waals surface area contributed by atoms with E-state index in [1.165, 1.54) is 209 Å². The summed E-state index contributed by atoms with van der Waals surface area (Å²) in [5.41, 5.74) is 37.2. The Labute approximate surface area is 566 Å². The summed E-state index contributed by atoms with van der Waals surface area (Å²) in [5, 5.41) is 0. The van der Waals surface area contributed by atoms with E-state index in [0.717, 1.165) is 35.5 Å². The zero-order chi connectivity index (χ0) is 63.5. The van der Waals surface area contributed by atoms with E-state index in [1.54, 1.807) is 0 Å². The number of hydrogen-bond donors (Lipinski definition) is 0. The lowest BCUT2D eigenvalue weighted by Gasteiger charge is -2.48. The molecular formula is C94H78O2. The van der Waals surface area contributed by atoms with Crippen molar-refractivity contribution in [1.82, 2.24) is 0 Å². The van der Waals surface area contributed by atoms with Crippen molar-refractivity contribution in [2.45, 2.75) is 138 Å². The Balaban J connectivity index is 0.860. The third-order valence-electron chi connectivity index (χ3n) is 23.6.